The van der Waals surface area contributed by atoms with Crippen molar-refractivity contribution in [1.82, 2.24) is 10.2 Å². The van der Waals surface area contributed by atoms with E-state index in [1.807, 2.05) is 12.1 Å². The van der Waals surface area contributed by atoms with Crippen LogP contribution in [-0.2, 0) is 4.79 Å². The molecule has 1 aromatic carbocycles. The normalized spacial score (nSPS) is 16.9. The van der Waals surface area contributed by atoms with Gasteiger partial charge in [0.25, 0.3) is 0 Å². The first-order chi connectivity index (χ1) is 9.24. The van der Waals surface area contributed by atoms with E-state index in [1.54, 1.807) is 12.1 Å². The van der Waals surface area contributed by atoms with E-state index in [1.165, 1.54) is 0 Å². The molecule has 0 aromatic heterocycles. The summed E-state index contributed by atoms with van der Waals surface area (Å²) in [5.41, 5.74) is 0.759. The maximum atomic E-state index is 11.9. The molecule has 4 nitrogen and oxygen atoms in total. The third-order valence-electron chi connectivity index (χ3n) is 3.20. The van der Waals surface area contributed by atoms with Gasteiger partial charge < -0.3 is 15.5 Å². The molecule has 5 heteroatoms. The van der Waals surface area contributed by atoms with E-state index < -0.39 is 0 Å². The van der Waals surface area contributed by atoms with E-state index in [9.17, 15) is 4.79 Å². The minimum absolute atomic E-state index is 0.0412. The van der Waals surface area contributed by atoms with Crippen molar-refractivity contribution in [3.05, 3.63) is 29.3 Å². The average Bonchev–Trinajstić information content (AvgIpc) is 2.65. The van der Waals surface area contributed by atoms with Gasteiger partial charge in [-0.15, -0.1) is 0 Å². The average molecular weight is 282 g/mol. The van der Waals surface area contributed by atoms with Crippen molar-refractivity contribution < 1.29 is 4.79 Å². The Labute approximate surface area is 119 Å². The lowest BCUT2D eigenvalue weighted by Gasteiger charge is -2.18. The minimum atomic E-state index is 0.0412. The zero-order valence-corrected chi connectivity index (χ0v) is 11.7. The van der Waals surface area contributed by atoms with Gasteiger partial charge in [0.2, 0.25) is 5.91 Å². The van der Waals surface area contributed by atoms with Crippen molar-refractivity contribution in [3.8, 4) is 0 Å². The lowest BCUT2D eigenvalue weighted by molar-refractivity contribution is -0.116. The molecule has 0 unspecified atom stereocenters. The number of nitrogens with zero attached hydrogens (tertiary/aromatic N) is 1. The van der Waals surface area contributed by atoms with Gasteiger partial charge in [0, 0.05) is 36.8 Å². The van der Waals surface area contributed by atoms with E-state index in [0.717, 1.165) is 44.8 Å². The Morgan fingerprint density at radius 2 is 2.26 bits per heavy atom. The first-order valence-corrected chi connectivity index (χ1v) is 7.10. The van der Waals surface area contributed by atoms with Crippen LogP contribution in [0.5, 0.6) is 0 Å². The van der Waals surface area contributed by atoms with Crippen LogP contribution in [-0.4, -0.2) is 43.5 Å². The highest BCUT2D eigenvalue weighted by atomic mass is 35.5. The molecule has 19 heavy (non-hydrogen) atoms. The smallest absolute Gasteiger partial charge is 0.225 e. The van der Waals surface area contributed by atoms with Crippen LogP contribution >= 0.6 is 11.6 Å². The fraction of sp³-hybridized carbons (Fsp3) is 0.500. The largest absolute Gasteiger partial charge is 0.326 e. The first-order valence-electron chi connectivity index (χ1n) is 6.72. The van der Waals surface area contributed by atoms with Gasteiger partial charge in [0.05, 0.1) is 0 Å². The maximum absolute atomic E-state index is 11.9. The van der Waals surface area contributed by atoms with Gasteiger partial charge in [-0.25, -0.2) is 0 Å². The second kappa shape index (κ2) is 7.48. The molecule has 1 fully saturated rings. The van der Waals surface area contributed by atoms with Gasteiger partial charge in [0.1, 0.15) is 0 Å². The number of amides is 1. The van der Waals surface area contributed by atoms with Gasteiger partial charge in [-0.05, 0) is 37.7 Å². The Hall–Kier alpha value is -1.10. The number of rotatable bonds is 4. The first kappa shape index (κ1) is 14.3. The molecular formula is C14H20ClN3O. The predicted molar refractivity (Wildman–Crippen MR) is 78.6 cm³/mol. The Kier molecular flexibility index (Phi) is 5.63. The molecule has 1 aliphatic rings. The second-order valence-electron chi connectivity index (χ2n) is 4.75. The second-order valence-corrected chi connectivity index (χ2v) is 5.19. The summed E-state index contributed by atoms with van der Waals surface area (Å²) in [6, 6.07) is 7.23. The Morgan fingerprint density at radius 1 is 1.37 bits per heavy atom. The number of anilines is 1. The van der Waals surface area contributed by atoms with Gasteiger partial charge >= 0.3 is 0 Å². The Morgan fingerprint density at radius 3 is 3.11 bits per heavy atom. The number of hydrogen-bond acceptors (Lipinski definition) is 3. The highest BCUT2D eigenvalue weighted by Crippen LogP contribution is 2.15. The van der Waals surface area contributed by atoms with Crippen LogP contribution in [0.4, 0.5) is 5.69 Å². The van der Waals surface area contributed by atoms with Crippen molar-refractivity contribution in [3.63, 3.8) is 0 Å². The third kappa shape index (κ3) is 5.19. The van der Waals surface area contributed by atoms with Crippen molar-refractivity contribution in [2.24, 2.45) is 0 Å². The standard InChI is InChI=1S/C14H20ClN3O/c15-12-3-1-4-13(11-12)17-14(19)5-9-18-8-2-6-16-7-10-18/h1,3-4,11,16H,2,5-10H2,(H,17,19). The van der Waals surface area contributed by atoms with Gasteiger partial charge in [-0.2, -0.15) is 0 Å². The number of halogens is 1. The van der Waals surface area contributed by atoms with E-state index in [4.69, 9.17) is 11.6 Å². The van der Waals surface area contributed by atoms with Gasteiger partial charge in [0.15, 0.2) is 0 Å². The van der Waals surface area contributed by atoms with Crippen molar-refractivity contribution in [2.45, 2.75) is 12.8 Å². The lowest BCUT2D eigenvalue weighted by Crippen LogP contribution is -2.31. The fourth-order valence-corrected chi connectivity index (χ4v) is 2.36. The van der Waals surface area contributed by atoms with Crippen molar-refractivity contribution in [1.29, 1.82) is 0 Å². The number of nitrogens with one attached hydrogen (secondary N) is 2. The Balaban J connectivity index is 1.75. The van der Waals surface area contributed by atoms with E-state index >= 15 is 0 Å². The summed E-state index contributed by atoms with van der Waals surface area (Å²) in [6.45, 7) is 4.98. The summed E-state index contributed by atoms with van der Waals surface area (Å²) in [5, 5.41) is 6.86. The molecule has 1 saturated heterocycles. The van der Waals surface area contributed by atoms with Crippen LogP contribution in [0.25, 0.3) is 0 Å². The number of benzene rings is 1. The van der Waals surface area contributed by atoms with E-state index in [0.29, 0.717) is 11.4 Å². The zero-order valence-electron chi connectivity index (χ0n) is 11.0. The Bertz CT molecular complexity index is 417. The topological polar surface area (TPSA) is 44.4 Å². The summed E-state index contributed by atoms with van der Waals surface area (Å²) in [7, 11) is 0. The zero-order chi connectivity index (χ0) is 13.5. The van der Waals surface area contributed by atoms with Crippen LogP contribution in [0.3, 0.4) is 0 Å². The summed E-state index contributed by atoms with van der Waals surface area (Å²) in [6.07, 6.45) is 1.67. The van der Waals surface area contributed by atoms with Gasteiger partial charge in [-0.3, -0.25) is 4.79 Å². The summed E-state index contributed by atoms with van der Waals surface area (Å²) in [4.78, 5) is 14.2. The highest BCUT2D eigenvalue weighted by Gasteiger charge is 2.10. The van der Waals surface area contributed by atoms with Crippen LogP contribution < -0.4 is 10.6 Å². The fourth-order valence-electron chi connectivity index (χ4n) is 2.17. The predicted octanol–water partition coefficient (Wildman–Crippen LogP) is 1.96. The molecule has 1 aromatic rings. The summed E-state index contributed by atoms with van der Waals surface area (Å²) >= 11 is 5.88. The van der Waals surface area contributed by atoms with Crippen molar-refractivity contribution >= 4 is 23.2 Å². The maximum Gasteiger partial charge on any atom is 0.225 e. The van der Waals surface area contributed by atoms with Crippen LogP contribution in [0.15, 0.2) is 24.3 Å². The number of hydrogen-bond donors (Lipinski definition) is 2. The van der Waals surface area contributed by atoms with Crippen LogP contribution in [0, 0.1) is 0 Å². The molecule has 0 aliphatic carbocycles. The summed E-state index contributed by atoms with van der Waals surface area (Å²) < 4.78 is 0. The quantitative estimate of drug-likeness (QED) is 0.887. The SMILES string of the molecule is O=C(CCN1CCCNCC1)Nc1cccc(Cl)c1. The lowest BCUT2D eigenvalue weighted by atomic mass is 10.3. The van der Waals surface area contributed by atoms with E-state index in [2.05, 4.69) is 15.5 Å². The molecule has 2 rings (SSSR count). The molecule has 0 bridgehead atoms. The highest BCUT2D eigenvalue weighted by molar-refractivity contribution is 6.30. The molecule has 1 amide bonds. The number of carbonyl (C=O) groups is 1. The summed E-state index contributed by atoms with van der Waals surface area (Å²) in [5.74, 6) is 0.0412. The monoisotopic (exact) mass is 281 g/mol. The molecule has 104 valence electrons. The molecule has 1 heterocycles. The van der Waals surface area contributed by atoms with Crippen molar-refractivity contribution in [2.75, 3.05) is 38.0 Å². The van der Waals surface area contributed by atoms with Crippen LogP contribution in [0.2, 0.25) is 5.02 Å². The molecule has 0 radical (unpaired) electrons. The minimum Gasteiger partial charge on any atom is -0.326 e. The van der Waals surface area contributed by atoms with E-state index in [-0.39, 0.29) is 5.91 Å². The van der Waals surface area contributed by atoms with Crippen LogP contribution in [0.1, 0.15) is 12.8 Å². The molecule has 0 saturated carbocycles. The number of carbonyl (C=O) groups excluding carboxylic acids is 1. The third-order valence-corrected chi connectivity index (χ3v) is 3.43. The molecule has 2 N–H and O–H groups in total. The molecular weight excluding hydrogens is 262 g/mol. The van der Waals surface area contributed by atoms with Gasteiger partial charge in [-0.1, -0.05) is 17.7 Å². The molecule has 0 atom stereocenters. The molecule has 0 spiro atoms. The molecule has 1 aliphatic heterocycles.